The van der Waals surface area contributed by atoms with Crippen LogP contribution in [0.1, 0.15) is 49.7 Å². The second-order valence-corrected chi connectivity index (χ2v) is 11.2. The summed E-state index contributed by atoms with van der Waals surface area (Å²) in [5, 5.41) is 20.8. The van der Waals surface area contributed by atoms with Gasteiger partial charge in [-0.3, -0.25) is 19.2 Å². The third-order valence-electron chi connectivity index (χ3n) is 8.09. The Labute approximate surface area is 244 Å². The molecule has 2 aromatic carbocycles. The average Bonchev–Trinajstić information content (AvgIpc) is 3.92. The van der Waals surface area contributed by atoms with Crippen molar-refractivity contribution >= 4 is 23.9 Å². The van der Waals surface area contributed by atoms with Gasteiger partial charge in [-0.15, -0.1) is 0 Å². The largest absolute Gasteiger partial charge is 0.481 e. The second-order valence-electron chi connectivity index (χ2n) is 11.2. The van der Waals surface area contributed by atoms with Gasteiger partial charge < -0.3 is 29.2 Å². The van der Waals surface area contributed by atoms with Crippen LogP contribution in [0.2, 0.25) is 0 Å². The maximum absolute atomic E-state index is 13.8. The standard InChI is InChI=1S/C32H38O10/c1-19(21-9-5-3-6-10-21)13-27(30(35)36)28(32(38)42-18-24-16-40-24)26(22-11-7-4-8-12-22)14-25(29(33)34)20(2)31(37)41-17-23-15-39-23/h3-12,19-20,23-28H,13-18H2,1-2H3,(H,33,34)(H,35,36). The van der Waals surface area contributed by atoms with Gasteiger partial charge in [0.15, 0.2) is 0 Å². The van der Waals surface area contributed by atoms with Crippen LogP contribution in [0.3, 0.4) is 0 Å². The number of carboxylic acids is 2. The van der Waals surface area contributed by atoms with Crippen molar-refractivity contribution < 1.29 is 48.3 Å². The molecule has 8 atom stereocenters. The average molecular weight is 583 g/mol. The zero-order chi connectivity index (χ0) is 30.2. The van der Waals surface area contributed by atoms with Gasteiger partial charge in [-0.1, -0.05) is 74.5 Å². The van der Waals surface area contributed by atoms with Gasteiger partial charge in [0.25, 0.3) is 0 Å². The zero-order valence-corrected chi connectivity index (χ0v) is 23.8. The molecule has 2 heterocycles. The number of benzene rings is 2. The lowest BCUT2D eigenvalue weighted by Gasteiger charge is -2.34. The van der Waals surface area contributed by atoms with Crippen LogP contribution in [0.5, 0.6) is 0 Å². The van der Waals surface area contributed by atoms with Crippen LogP contribution >= 0.6 is 0 Å². The zero-order valence-electron chi connectivity index (χ0n) is 23.8. The van der Waals surface area contributed by atoms with Gasteiger partial charge in [0.1, 0.15) is 25.4 Å². The van der Waals surface area contributed by atoms with Gasteiger partial charge in [-0.05, 0) is 35.8 Å². The summed E-state index contributed by atoms with van der Waals surface area (Å²) in [6.07, 6.45) is -0.495. The molecule has 2 N–H and O–H groups in total. The van der Waals surface area contributed by atoms with Crippen LogP contribution in [0.25, 0.3) is 0 Å². The van der Waals surface area contributed by atoms with Gasteiger partial charge >= 0.3 is 23.9 Å². The van der Waals surface area contributed by atoms with Gasteiger partial charge in [-0.2, -0.15) is 0 Å². The first-order valence-electron chi connectivity index (χ1n) is 14.3. The lowest BCUT2D eigenvalue weighted by Crippen LogP contribution is -2.40. The van der Waals surface area contributed by atoms with E-state index in [1.54, 1.807) is 30.3 Å². The first-order valence-corrected chi connectivity index (χ1v) is 14.3. The Bertz CT molecular complexity index is 1210. The molecule has 10 nitrogen and oxygen atoms in total. The van der Waals surface area contributed by atoms with E-state index >= 15 is 0 Å². The van der Waals surface area contributed by atoms with Crippen LogP contribution in [0, 0.1) is 23.7 Å². The summed E-state index contributed by atoms with van der Waals surface area (Å²) in [6, 6.07) is 18.1. The van der Waals surface area contributed by atoms with Crippen LogP contribution < -0.4 is 0 Å². The van der Waals surface area contributed by atoms with E-state index in [0.29, 0.717) is 18.8 Å². The lowest BCUT2D eigenvalue weighted by molar-refractivity contribution is -0.162. The Morgan fingerprint density at radius 1 is 0.738 bits per heavy atom. The van der Waals surface area contributed by atoms with Gasteiger partial charge in [-0.25, -0.2) is 0 Å². The number of rotatable bonds is 17. The van der Waals surface area contributed by atoms with E-state index in [1.807, 2.05) is 37.3 Å². The minimum Gasteiger partial charge on any atom is -0.481 e. The fraction of sp³-hybridized carbons (Fsp3) is 0.500. The predicted octanol–water partition coefficient (Wildman–Crippen LogP) is 3.89. The Balaban J connectivity index is 1.69. The Morgan fingerprint density at radius 3 is 1.69 bits per heavy atom. The fourth-order valence-electron chi connectivity index (χ4n) is 5.36. The van der Waals surface area contributed by atoms with Crippen LogP contribution in [-0.2, 0) is 38.1 Å². The number of carbonyl (C=O) groups excluding carboxylic acids is 2. The van der Waals surface area contributed by atoms with Crippen molar-refractivity contribution in [3.05, 3.63) is 71.8 Å². The van der Waals surface area contributed by atoms with Gasteiger partial charge in [0, 0.05) is 0 Å². The molecule has 0 aliphatic carbocycles. The molecule has 42 heavy (non-hydrogen) atoms. The molecule has 10 heteroatoms. The summed E-state index contributed by atoms with van der Waals surface area (Å²) in [5.41, 5.74) is 1.50. The number of ether oxygens (including phenoxy) is 4. The molecule has 226 valence electrons. The van der Waals surface area contributed by atoms with E-state index in [9.17, 15) is 29.4 Å². The van der Waals surface area contributed by atoms with E-state index in [2.05, 4.69) is 0 Å². The SMILES string of the molecule is CC(CC(C(=O)O)C(C(=O)OCC1CO1)C(CC(C(=O)O)C(C)C(=O)OCC1CO1)c1ccccc1)c1ccccc1. The van der Waals surface area contributed by atoms with Crippen molar-refractivity contribution in [2.45, 2.75) is 50.7 Å². The van der Waals surface area contributed by atoms with E-state index < -0.39 is 53.5 Å². The number of carbonyl (C=O) groups is 4. The molecule has 0 saturated carbocycles. The van der Waals surface area contributed by atoms with Crippen LogP contribution in [-0.4, -0.2) is 72.7 Å². The van der Waals surface area contributed by atoms with Crippen molar-refractivity contribution in [2.24, 2.45) is 23.7 Å². The van der Waals surface area contributed by atoms with E-state index in [0.717, 1.165) is 5.56 Å². The quantitative estimate of drug-likeness (QED) is 0.208. The lowest BCUT2D eigenvalue weighted by atomic mass is 9.69. The van der Waals surface area contributed by atoms with E-state index in [1.165, 1.54) is 6.92 Å². The highest BCUT2D eigenvalue weighted by atomic mass is 16.6. The highest BCUT2D eigenvalue weighted by Crippen LogP contribution is 2.42. The van der Waals surface area contributed by atoms with Crippen molar-refractivity contribution in [3.63, 3.8) is 0 Å². The maximum Gasteiger partial charge on any atom is 0.310 e. The molecule has 2 fully saturated rings. The molecule has 0 amide bonds. The third kappa shape index (κ3) is 8.62. The Hall–Kier alpha value is -3.76. The van der Waals surface area contributed by atoms with Gasteiger partial charge in [0.05, 0.1) is 36.9 Å². The van der Waals surface area contributed by atoms with Crippen molar-refractivity contribution in [3.8, 4) is 0 Å². The number of hydrogen-bond acceptors (Lipinski definition) is 8. The molecule has 2 aromatic rings. The van der Waals surface area contributed by atoms with Crippen LogP contribution in [0.4, 0.5) is 0 Å². The van der Waals surface area contributed by atoms with Crippen LogP contribution in [0.15, 0.2) is 60.7 Å². The number of esters is 2. The highest BCUT2D eigenvalue weighted by Gasteiger charge is 2.45. The minimum atomic E-state index is -1.26. The molecule has 0 bridgehead atoms. The van der Waals surface area contributed by atoms with Crippen molar-refractivity contribution in [1.82, 2.24) is 0 Å². The summed E-state index contributed by atoms with van der Waals surface area (Å²) in [6.45, 7) is 4.31. The smallest absolute Gasteiger partial charge is 0.310 e. The molecule has 0 spiro atoms. The molecule has 2 aliphatic rings. The maximum atomic E-state index is 13.8. The summed E-state index contributed by atoms with van der Waals surface area (Å²) < 4.78 is 21.1. The molecular weight excluding hydrogens is 544 g/mol. The number of hydrogen-bond donors (Lipinski definition) is 2. The third-order valence-corrected chi connectivity index (χ3v) is 8.09. The van der Waals surface area contributed by atoms with E-state index in [-0.39, 0.29) is 44.2 Å². The van der Waals surface area contributed by atoms with Gasteiger partial charge in [0.2, 0.25) is 0 Å². The Kier molecular flexibility index (Phi) is 10.7. The number of aliphatic carboxylic acids is 2. The summed E-state index contributed by atoms with van der Waals surface area (Å²) >= 11 is 0. The molecule has 0 aromatic heterocycles. The fourth-order valence-corrected chi connectivity index (χ4v) is 5.36. The molecule has 4 rings (SSSR count). The summed E-state index contributed by atoms with van der Waals surface area (Å²) in [5.74, 6) is -9.73. The number of epoxide rings is 2. The van der Waals surface area contributed by atoms with Crippen molar-refractivity contribution in [2.75, 3.05) is 26.4 Å². The predicted molar refractivity (Wildman–Crippen MR) is 150 cm³/mol. The Morgan fingerprint density at radius 2 is 1.21 bits per heavy atom. The first kappa shape index (κ1) is 31.2. The molecule has 2 saturated heterocycles. The molecule has 8 unspecified atom stereocenters. The molecule has 2 aliphatic heterocycles. The minimum absolute atomic E-state index is 0.0221. The summed E-state index contributed by atoms with van der Waals surface area (Å²) in [4.78, 5) is 52.1. The normalized spacial score (nSPS) is 21.6. The highest BCUT2D eigenvalue weighted by molar-refractivity contribution is 5.83. The number of carboxylic acid groups (broad SMARTS) is 2. The molecule has 0 radical (unpaired) electrons. The molecular formula is C32H38O10. The summed E-state index contributed by atoms with van der Waals surface area (Å²) in [7, 11) is 0. The first-order chi connectivity index (χ1) is 20.2. The van der Waals surface area contributed by atoms with Crippen molar-refractivity contribution in [1.29, 1.82) is 0 Å². The van der Waals surface area contributed by atoms with E-state index in [4.69, 9.17) is 18.9 Å². The monoisotopic (exact) mass is 582 g/mol. The second kappa shape index (κ2) is 14.4. The topological polar surface area (TPSA) is 152 Å².